The van der Waals surface area contributed by atoms with Gasteiger partial charge in [-0.2, -0.15) is 0 Å². The summed E-state index contributed by atoms with van der Waals surface area (Å²) in [4.78, 5) is 50.4. The molecule has 1 N–H and O–H groups in total. The molecular weight excluding hydrogens is 364 g/mol. The molecule has 0 saturated heterocycles. The summed E-state index contributed by atoms with van der Waals surface area (Å²) in [5, 5.41) is 2.58. The first-order valence-electron chi connectivity index (χ1n) is 9.24. The van der Waals surface area contributed by atoms with Crippen LogP contribution in [0.5, 0.6) is 0 Å². The Bertz CT molecular complexity index is 774. The molecule has 0 aliphatic carbocycles. The number of nitrogens with one attached hydrogen (secondary N) is 1. The van der Waals surface area contributed by atoms with Crippen LogP contribution in [0, 0.1) is 5.92 Å². The van der Waals surface area contributed by atoms with Gasteiger partial charge in [-0.05, 0) is 37.5 Å². The van der Waals surface area contributed by atoms with E-state index < -0.39 is 23.9 Å². The molecule has 2 rings (SSSR count). The number of benzene rings is 1. The Morgan fingerprint density at radius 1 is 1.11 bits per heavy atom. The van der Waals surface area contributed by atoms with Crippen LogP contribution in [0.3, 0.4) is 0 Å². The van der Waals surface area contributed by atoms with Crippen LogP contribution in [0.1, 0.15) is 58.3 Å². The molecule has 0 unspecified atom stereocenters. The third-order valence-corrected chi connectivity index (χ3v) is 4.39. The topological polar surface area (TPSA) is 102 Å². The molecular formula is C20H26N2O6. The molecule has 0 aromatic heterocycles. The van der Waals surface area contributed by atoms with Crippen molar-refractivity contribution in [1.82, 2.24) is 10.2 Å². The molecule has 3 amide bonds. The number of carbonyl (C=O) groups excluding carboxylic acids is 4. The van der Waals surface area contributed by atoms with E-state index >= 15 is 0 Å². The van der Waals surface area contributed by atoms with E-state index in [-0.39, 0.29) is 22.6 Å². The lowest BCUT2D eigenvalue weighted by atomic mass is 10.1. The number of nitrogens with zero attached hydrogens (tertiary/aromatic N) is 1. The van der Waals surface area contributed by atoms with E-state index in [1.54, 1.807) is 0 Å². The quantitative estimate of drug-likeness (QED) is 0.391. The number of hydrogen-bond acceptors (Lipinski definition) is 6. The number of esters is 1. The number of ether oxygens (including phenoxy) is 2. The summed E-state index contributed by atoms with van der Waals surface area (Å²) in [6, 6.07) is 4.22. The SMILES string of the molecule is COCCNC(=O)[C@H](C)OC(=O)c1ccc2c(c1)C(=O)N(CCC(C)C)C2=O. The molecule has 8 heteroatoms. The molecule has 1 aromatic carbocycles. The minimum atomic E-state index is -1.00. The Labute approximate surface area is 164 Å². The lowest BCUT2D eigenvalue weighted by Crippen LogP contribution is -2.37. The number of imide groups is 1. The van der Waals surface area contributed by atoms with Crippen LogP contribution >= 0.6 is 0 Å². The van der Waals surface area contributed by atoms with E-state index in [9.17, 15) is 19.2 Å². The predicted molar refractivity (Wildman–Crippen MR) is 101 cm³/mol. The van der Waals surface area contributed by atoms with Crippen LogP contribution in [0.15, 0.2) is 18.2 Å². The minimum Gasteiger partial charge on any atom is -0.449 e. The first-order chi connectivity index (χ1) is 13.3. The number of rotatable bonds is 9. The Morgan fingerprint density at radius 3 is 2.43 bits per heavy atom. The molecule has 0 saturated carbocycles. The van der Waals surface area contributed by atoms with Crippen molar-refractivity contribution in [3.63, 3.8) is 0 Å². The van der Waals surface area contributed by atoms with Crippen LogP contribution < -0.4 is 5.32 Å². The van der Waals surface area contributed by atoms with Crippen molar-refractivity contribution in [2.45, 2.75) is 33.3 Å². The summed E-state index contributed by atoms with van der Waals surface area (Å²) < 4.78 is 9.99. The Morgan fingerprint density at radius 2 is 1.79 bits per heavy atom. The number of fused-ring (bicyclic) bond motifs is 1. The molecule has 28 heavy (non-hydrogen) atoms. The van der Waals surface area contributed by atoms with Crippen LogP contribution in [-0.4, -0.2) is 61.5 Å². The molecule has 1 aromatic rings. The van der Waals surface area contributed by atoms with E-state index in [0.717, 1.165) is 0 Å². The molecule has 0 spiro atoms. The Balaban J connectivity index is 2.06. The zero-order valence-corrected chi connectivity index (χ0v) is 16.6. The summed E-state index contributed by atoms with van der Waals surface area (Å²) in [5.41, 5.74) is 0.568. The maximum atomic E-state index is 12.5. The van der Waals surface area contributed by atoms with Gasteiger partial charge >= 0.3 is 5.97 Å². The summed E-state index contributed by atoms with van der Waals surface area (Å²) in [6.45, 7) is 6.47. The summed E-state index contributed by atoms with van der Waals surface area (Å²) in [6.07, 6.45) is -0.298. The highest BCUT2D eigenvalue weighted by Crippen LogP contribution is 2.25. The van der Waals surface area contributed by atoms with Gasteiger partial charge in [0.2, 0.25) is 0 Å². The van der Waals surface area contributed by atoms with Gasteiger partial charge < -0.3 is 14.8 Å². The molecule has 152 valence electrons. The highest BCUT2D eigenvalue weighted by molar-refractivity contribution is 6.22. The molecule has 8 nitrogen and oxygen atoms in total. The van der Waals surface area contributed by atoms with E-state index in [1.165, 1.54) is 37.1 Å². The predicted octanol–water partition coefficient (Wildman–Crippen LogP) is 1.64. The van der Waals surface area contributed by atoms with Gasteiger partial charge in [0.1, 0.15) is 0 Å². The van der Waals surface area contributed by atoms with Gasteiger partial charge in [-0.15, -0.1) is 0 Å². The molecule has 1 aliphatic heterocycles. The highest BCUT2D eigenvalue weighted by Gasteiger charge is 2.36. The second-order valence-corrected chi connectivity index (χ2v) is 7.04. The maximum absolute atomic E-state index is 12.5. The summed E-state index contributed by atoms with van der Waals surface area (Å²) in [5.74, 6) is -1.60. The highest BCUT2D eigenvalue weighted by atomic mass is 16.5. The average Bonchev–Trinajstić information content (AvgIpc) is 2.89. The number of carbonyl (C=O) groups is 4. The van der Waals surface area contributed by atoms with Gasteiger partial charge in [-0.3, -0.25) is 19.3 Å². The number of hydrogen-bond donors (Lipinski definition) is 1. The fraction of sp³-hybridized carbons (Fsp3) is 0.500. The second kappa shape index (κ2) is 9.45. The molecule has 1 atom stereocenters. The van der Waals surface area contributed by atoms with Crippen molar-refractivity contribution in [3.8, 4) is 0 Å². The van der Waals surface area contributed by atoms with Gasteiger partial charge in [0.05, 0.1) is 23.3 Å². The zero-order chi connectivity index (χ0) is 20.8. The minimum absolute atomic E-state index is 0.113. The molecule has 0 bridgehead atoms. The Kier molecular flexibility index (Phi) is 7.28. The van der Waals surface area contributed by atoms with Crippen molar-refractivity contribution in [3.05, 3.63) is 34.9 Å². The van der Waals surface area contributed by atoms with Gasteiger partial charge in [-0.25, -0.2) is 4.79 Å². The van der Waals surface area contributed by atoms with Gasteiger partial charge in [0.15, 0.2) is 6.10 Å². The summed E-state index contributed by atoms with van der Waals surface area (Å²) in [7, 11) is 1.51. The standard InChI is InChI=1S/C20H26N2O6/c1-12(2)7-9-22-18(24)15-6-5-14(11-16(15)19(22)25)20(26)28-13(3)17(23)21-8-10-27-4/h5-6,11-13H,7-10H2,1-4H3,(H,21,23)/t13-/m0/s1. The van der Waals surface area contributed by atoms with Crippen molar-refractivity contribution in [1.29, 1.82) is 0 Å². The molecule has 1 aliphatic rings. The van der Waals surface area contributed by atoms with Crippen molar-refractivity contribution in [2.75, 3.05) is 26.8 Å². The molecule has 0 fully saturated rings. The normalized spacial score (nSPS) is 14.2. The van der Waals surface area contributed by atoms with Gasteiger partial charge in [-0.1, -0.05) is 13.8 Å². The van der Waals surface area contributed by atoms with Crippen LogP contribution in [-0.2, 0) is 14.3 Å². The van der Waals surface area contributed by atoms with Crippen LogP contribution in [0.25, 0.3) is 0 Å². The first-order valence-corrected chi connectivity index (χ1v) is 9.24. The molecule has 0 radical (unpaired) electrons. The zero-order valence-electron chi connectivity index (χ0n) is 16.6. The Hall–Kier alpha value is -2.74. The first kappa shape index (κ1) is 21.6. The third-order valence-electron chi connectivity index (χ3n) is 4.39. The van der Waals surface area contributed by atoms with E-state index in [0.29, 0.717) is 32.0 Å². The van der Waals surface area contributed by atoms with E-state index in [1.807, 2.05) is 13.8 Å². The lowest BCUT2D eigenvalue weighted by Gasteiger charge is -2.14. The van der Waals surface area contributed by atoms with E-state index in [2.05, 4.69) is 5.32 Å². The summed E-state index contributed by atoms with van der Waals surface area (Å²) >= 11 is 0. The lowest BCUT2D eigenvalue weighted by molar-refractivity contribution is -0.129. The fourth-order valence-corrected chi connectivity index (χ4v) is 2.71. The average molecular weight is 390 g/mol. The van der Waals surface area contributed by atoms with Gasteiger partial charge in [0, 0.05) is 20.2 Å². The smallest absolute Gasteiger partial charge is 0.338 e. The van der Waals surface area contributed by atoms with E-state index in [4.69, 9.17) is 9.47 Å². The third kappa shape index (κ3) is 4.95. The van der Waals surface area contributed by atoms with Crippen molar-refractivity contribution < 1.29 is 28.7 Å². The van der Waals surface area contributed by atoms with Crippen LogP contribution in [0.4, 0.5) is 0 Å². The van der Waals surface area contributed by atoms with Gasteiger partial charge in [0.25, 0.3) is 17.7 Å². The largest absolute Gasteiger partial charge is 0.449 e. The monoisotopic (exact) mass is 390 g/mol. The second-order valence-electron chi connectivity index (χ2n) is 7.04. The number of amides is 3. The maximum Gasteiger partial charge on any atom is 0.338 e. The van der Waals surface area contributed by atoms with Crippen LogP contribution in [0.2, 0.25) is 0 Å². The molecule has 1 heterocycles. The van der Waals surface area contributed by atoms with Crippen molar-refractivity contribution in [2.24, 2.45) is 5.92 Å². The number of methoxy groups -OCH3 is 1. The fourth-order valence-electron chi connectivity index (χ4n) is 2.71. The van der Waals surface area contributed by atoms with Crippen molar-refractivity contribution >= 4 is 23.7 Å².